The minimum absolute atomic E-state index is 0.00236. The Morgan fingerprint density at radius 3 is 2.57 bits per heavy atom. The van der Waals surface area contributed by atoms with Crippen LogP contribution in [0.3, 0.4) is 0 Å². The number of rotatable bonds is 14. The summed E-state index contributed by atoms with van der Waals surface area (Å²) in [6.45, 7) is 0.284. The van der Waals surface area contributed by atoms with Crippen molar-refractivity contribution in [3.05, 3.63) is 18.2 Å². The highest BCUT2D eigenvalue weighted by molar-refractivity contribution is 7.98. The van der Waals surface area contributed by atoms with E-state index in [1.165, 1.54) is 29.2 Å². The Morgan fingerprint density at radius 2 is 1.97 bits per heavy atom. The molecular weight excluding hydrogens is 480 g/mol. The van der Waals surface area contributed by atoms with Crippen LogP contribution in [0.2, 0.25) is 0 Å². The van der Waals surface area contributed by atoms with Crippen LogP contribution in [0.15, 0.2) is 12.5 Å². The van der Waals surface area contributed by atoms with E-state index in [0.717, 1.165) is 0 Å². The molecule has 7 N–H and O–H groups in total. The molecule has 2 heterocycles. The van der Waals surface area contributed by atoms with Crippen LogP contribution in [0.25, 0.3) is 0 Å². The number of carboxylic acid groups (broad SMARTS) is 2. The number of thioether (sulfide) groups is 1. The van der Waals surface area contributed by atoms with Crippen molar-refractivity contribution in [3.8, 4) is 0 Å². The maximum Gasteiger partial charge on any atom is 0.326 e. The van der Waals surface area contributed by atoms with Gasteiger partial charge in [0.15, 0.2) is 0 Å². The van der Waals surface area contributed by atoms with Crippen LogP contribution >= 0.6 is 11.8 Å². The predicted molar refractivity (Wildman–Crippen MR) is 126 cm³/mol. The highest BCUT2D eigenvalue weighted by atomic mass is 32.2. The maximum absolute atomic E-state index is 13.3. The fraction of sp³-hybridized carbons (Fsp3) is 0.619. The molecular formula is C21H32N6O7S. The van der Waals surface area contributed by atoms with E-state index < -0.39 is 53.8 Å². The van der Waals surface area contributed by atoms with Crippen molar-refractivity contribution in [2.45, 2.75) is 62.7 Å². The zero-order chi connectivity index (χ0) is 26.0. The van der Waals surface area contributed by atoms with Crippen LogP contribution in [0.4, 0.5) is 0 Å². The third-order valence-electron chi connectivity index (χ3n) is 5.66. The van der Waals surface area contributed by atoms with E-state index in [2.05, 4.69) is 20.6 Å². The quantitative estimate of drug-likeness (QED) is 0.178. The monoisotopic (exact) mass is 512 g/mol. The Bertz CT molecular complexity index is 897. The van der Waals surface area contributed by atoms with Gasteiger partial charge in [0, 0.05) is 31.3 Å². The summed E-state index contributed by atoms with van der Waals surface area (Å²) in [4.78, 5) is 69.2. The van der Waals surface area contributed by atoms with Gasteiger partial charge in [-0.25, -0.2) is 9.78 Å². The summed E-state index contributed by atoms with van der Waals surface area (Å²) in [6.07, 6.45) is 5.56. The maximum atomic E-state index is 13.3. The van der Waals surface area contributed by atoms with Gasteiger partial charge in [0.1, 0.15) is 18.1 Å². The lowest BCUT2D eigenvalue weighted by Gasteiger charge is -2.30. The summed E-state index contributed by atoms with van der Waals surface area (Å²) in [5, 5.41) is 23.4. The van der Waals surface area contributed by atoms with Crippen molar-refractivity contribution in [2.75, 3.05) is 18.6 Å². The van der Waals surface area contributed by atoms with Crippen LogP contribution in [-0.2, 0) is 30.4 Å². The minimum Gasteiger partial charge on any atom is -0.481 e. The van der Waals surface area contributed by atoms with Crippen molar-refractivity contribution in [2.24, 2.45) is 5.73 Å². The minimum atomic E-state index is -1.22. The van der Waals surface area contributed by atoms with Gasteiger partial charge in [-0.05, 0) is 37.7 Å². The zero-order valence-corrected chi connectivity index (χ0v) is 20.3. The predicted octanol–water partition coefficient (Wildman–Crippen LogP) is -1.06. The number of aliphatic carboxylic acids is 2. The average molecular weight is 513 g/mol. The van der Waals surface area contributed by atoms with E-state index >= 15 is 0 Å². The lowest BCUT2D eigenvalue weighted by atomic mass is 10.1. The van der Waals surface area contributed by atoms with Crippen LogP contribution in [0, 0.1) is 0 Å². The standard InChI is InChI=1S/C21H32N6O7S/c1-35-8-6-14(25-18(30)13(22)4-5-17(28)29)20(32)27-7-2-3-16(27)19(31)26-15(21(33)34)9-12-10-23-11-24-12/h10-11,13-16H,2-9,22H2,1H3,(H,23,24)(H,25,30)(H,26,31)(H,28,29)(H,33,34). The molecule has 0 aliphatic carbocycles. The van der Waals surface area contributed by atoms with E-state index in [4.69, 9.17) is 10.8 Å². The third-order valence-corrected chi connectivity index (χ3v) is 6.31. The van der Waals surface area contributed by atoms with Crippen molar-refractivity contribution < 1.29 is 34.2 Å². The number of imidazole rings is 1. The van der Waals surface area contributed by atoms with Crippen molar-refractivity contribution >= 4 is 41.4 Å². The van der Waals surface area contributed by atoms with Gasteiger partial charge in [-0.15, -0.1) is 0 Å². The normalized spacial score (nSPS) is 17.9. The number of carboxylic acids is 2. The van der Waals surface area contributed by atoms with Crippen LogP contribution in [0.1, 0.15) is 37.8 Å². The molecule has 0 bridgehead atoms. The first-order valence-corrected chi connectivity index (χ1v) is 12.6. The molecule has 1 aromatic rings. The number of H-pyrrole nitrogens is 1. The first kappa shape index (κ1) is 28.1. The number of likely N-dealkylation sites (tertiary alicyclic amines) is 1. The summed E-state index contributed by atoms with van der Waals surface area (Å²) in [7, 11) is 0. The number of aromatic nitrogens is 2. The van der Waals surface area contributed by atoms with Gasteiger partial charge in [-0.2, -0.15) is 11.8 Å². The van der Waals surface area contributed by atoms with Crippen LogP contribution < -0.4 is 16.4 Å². The second-order valence-electron chi connectivity index (χ2n) is 8.25. The Hall–Kier alpha value is -3.13. The molecule has 1 aliphatic heterocycles. The van der Waals surface area contributed by atoms with Gasteiger partial charge >= 0.3 is 11.9 Å². The molecule has 0 saturated carbocycles. The fourth-order valence-electron chi connectivity index (χ4n) is 3.77. The molecule has 1 fully saturated rings. The number of nitrogens with two attached hydrogens (primary N) is 1. The Kier molecular flexibility index (Phi) is 11.0. The molecule has 0 spiro atoms. The molecule has 4 atom stereocenters. The molecule has 194 valence electrons. The summed E-state index contributed by atoms with van der Waals surface area (Å²) in [6, 6.07) is -4.12. The highest BCUT2D eigenvalue weighted by Gasteiger charge is 2.39. The molecule has 2 rings (SSSR count). The van der Waals surface area contributed by atoms with E-state index in [0.29, 0.717) is 30.7 Å². The number of nitrogens with zero attached hydrogens (tertiary/aromatic N) is 2. The fourth-order valence-corrected chi connectivity index (χ4v) is 4.24. The second-order valence-corrected chi connectivity index (χ2v) is 9.24. The largest absolute Gasteiger partial charge is 0.481 e. The van der Waals surface area contributed by atoms with E-state index in [1.807, 2.05) is 6.26 Å². The Balaban J connectivity index is 2.07. The van der Waals surface area contributed by atoms with Crippen molar-refractivity contribution in [3.63, 3.8) is 0 Å². The van der Waals surface area contributed by atoms with Crippen LogP contribution in [0.5, 0.6) is 0 Å². The summed E-state index contributed by atoms with van der Waals surface area (Å²) in [5.74, 6) is -3.44. The van der Waals surface area contributed by atoms with Crippen molar-refractivity contribution in [1.29, 1.82) is 0 Å². The summed E-state index contributed by atoms with van der Waals surface area (Å²) < 4.78 is 0. The summed E-state index contributed by atoms with van der Waals surface area (Å²) in [5.41, 5.74) is 6.32. The Labute approximate surface area is 206 Å². The molecule has 13 nitrogen and oxygen atoms in total. The number of aromatic amines is 1. The number of hydrogen-bond acceptors (Lipinski definition) is 8. The van der Waals surface area contributed by atoms with Gasteiger partial charge in [0.25, 0.3) is 0 Å². The first-order valence-electron chi connectivity index (χ1n) is 11.2. The highest BCUT2D eigenvalue weighted by Crippen LogP contribution is 2.20. The molecule has 0 radical (unpaired) electrons. The molecule has 1 aliphatic rings. The van der Waals surface area contributed by atoms with Gasteiger partial charge in [-0.3, -0.25) is 19.2 Å². The number of carbonyl (C=O) groups excluding carboxylic acids is 3. The average Bonchev–Trinajstić information content (AvgIpc) is 3.51. The Morgan fingerprint density at radius 1 is 1.23 bits per heavy atom. The smallest absolute Gasteiger partial charge is 0.326 e. The van der Waals surface area contributed by atoms with Gasteiger partial charge in [0.05, 0.1) is 12.4 Å². The van der Waals surface area contributed by atoms with Crippen LogP contribution in [-0.4, -0.2) is 97.5 Å². The molecule has 14 heteroatoms. The number of nitrogens with one attached hydrogen (secondary N) is 3. The van der Waals surface area contributed by atoms with Gasteiger partial charge in [0.2, 0.25) is 17.7 Å². The van der Waals surface area contributed by atoms with E-state index in [9.17, 15) is 29.1 Å². The number of carbonyl (C=O) groups is 5. The number of amides is 3. The lowest BCUT2D eigenvalue weighted by Crippen LogP contribution is -2.57. The lowest BCUT2D eigenvalue weighted by molar-refractivity contribution is -0.145. The molecule has 1 saturated heterocycles. The molecule has 1 aromatic heterocycles. The molecule has 3 amide bonds. The molecule has 4 unspecified atom stereocenters. The third kappa shape index (κ3) is 8.55. The van der Waals surface area contributed by atoms with E-state index in [-0.39, 0.29) is 25.8 Å². The zero-order valence-electron chi connectivity index (χ0n) is 19.4. The SMILES string of the molecule is CSCCC(NC(=O)C(N)CCC(=O)O)C(=O)N1CCCC1C(=O)NC(Cc1cnc[nH]1)C(=O)O. The topological polar surface area (TPSA) is 208 Å². The van der Waals surface area contributed by atoms with E-state index in [1.54, 1.807) is 0 Å². The van der Waals surface area contributed by atoms with Gasteiger partial charge in [-0.1, -0.05) is 0 Å². The van der Waals surface area contributed by atoms with Gasteiger partial charge < -0.3 is 36.5 Å². The number of hydrogen-bond donors (Lipinski definition) is 6. The first-order chi connectivity index (χ1) is 16.6. The van der Waals surface area contributed by atoms with Crippen molar-refractivity contribution in [1.82, 2.24) is 25.5 Å². The second kappa shape index (κ2) is 13.7. The molecule has 35 heavy (non-hydrogen) atoms. The molecule has 0 aromatic carbocycles. The summed E-state index contributed by atoms with van der Waals surface area (Å²) >= 11 is 1.48.